The summed E-state index contributed by atoms with van der Waals surface area (Å²) in [7, 11) is 0. The molecule has 0 radical (unpaired) electrons. The summed E-state index contributed by atoms with van der Waals surface area (Å²) in [6, 6.07) is 5.51. The summed E-state index contributed by atoms with van der Waals surface area (Å²) in [6.45, 7) is 5.34. The van der Waals surface area contributed by atoms with E-state index < -0.39 is 5.97 Å². The molecule has 0 saturated heterocycles. The molecule has 0 aliphatic carbocycles. The largest absolute Gasteiger partial charge is 0.478 e. The number of carboxylic acids is 1. The summed E-state index contributed by atoms with van der Waals surface area (Å²) < 4.78 is 1.63. The zero-order chi connectivity index (χ0) is 13.4. The number of aryl methyl sites for hydroxylation is 2. The second-order valence-electron chi connectivity index (χ2n) is 4.30. The van der Waals surface area contributed by atoms with E-state index in [0.717, 1.165) is 11.3 Å². The molecule has 5 nitrogen and oxygen atoms in total. The molecule has 2 rings (SSSR count). The molecule has 0 amide bonds. The molecular weight excluding hydrogens is 230 g/mol. The van der Waals surface area contributed by atoms with Crippen molar-refractivity contribution in [2.24, 2.45) is 0 Å². The average Bonchev–Trinajstić information content (AvgIpc) is 2.58. The monoisotopic (exact) mass is 245 g/mol. The number of hydrogen-bond acceptors (Lipinski definition) is 3. The molecule has 0 fully saturated rings. The average molecular weight is 245 g/mol. The van der Waals surface area contributed by atoms with Crippen molar-refractivity contribution in [3.63, 3.8) is 0 Å². The van der Waals surface area contributed by atoms with E-state index in [1.54, 1.807) is 24.6 Å². The van der Waals surface area contributed by atoms with Crippen molar-refractivity contribution < 1.29 is 9.90 Å². The lowest BCUT2D eigenvalue weighted by Crippen LogP contribution is -2.03. The number of nitrogens with zero attached hydrogens (tertiary/aromatic N) is 2. The molecule has 94 valence electrons. The van der Waals surface area contributed by atoms with Crippen LogP contribution < -0.4 is 5.73 Å². The van der Waals surface area contributed by atoms with Gasteiger partial charge in [0.05, 0.1) is 17.1 Å². The second kappa shape index (κ2) is 4.18. The Morgan fingerprint density at radius 2 is 2.00 bits per heavy atom. The first-order valence-corrected chi connectivity index (χ1v) is 5.58. The van der Waals surface area contributed by atoms with Crippen molar-refractivity contribution in [3.05, 3.63) is 40.7 Å². The summed E-state index contributed by atoms with van der Waals surface area (Å²) in [6.07, 6.45) is 0. The van der Waals surface area contributed by atoms with Crippen LogP contribution in [0.5, 0.6) is 0 Å². The lowest BCUT2D eigenvalue weighted by atomic mass is 10.1. The van der Waals surface area contributed by atoms with Crippen LogP contribution in [0.3, 0.4) is 0 Å². The predicted molar refractivity (Wildman–Crippen MR) is 69.1 cm³/mol. The predicted octanol–water partition coefficient (Wildman–Crippen LogP) is 2.08. The van der Waals surface area contributed by atoms with Crippen molar-refractivity contribution in [2.45, 2.75) is 20.8 Å². The van der Waals surface area contributed by atoms with E-state index >= 15 is 0 Å². The van der Waals surface area contributed by atoms with Gasteiger partial charge in [-0.05, 0) is 44.5 Å². The highest BCUT2D eigenvalue weighted by Crippen LogP contribution is 2.20. The third-order valence-electron chi connectivity index (χ3n) is 3.00. The minimum Gasteiger partial charge on any atom is -0.478 e. The Labute approximate surface area is 105 Å². The number of benzene rings is 1. The number of nitrogens with two attached hydrogens (primary N) is 1. The maximum Gasteiger partial charge on any atom is 0.339 e. The zero-order valence-electron chi connectivity index (χ0n) is 10.6. The van der Waals surface area contributed by atoms with Gasteiger partial charge in [0.2, 0.25) is 0 Å². The van der Waals surface area contributed by atoms with Crippen LogP contribution in [-0.4, -0.2) is 20.9 Å². The Morgan fingerprint density at radius 3 is 2.50 bits per heavy atom. The first-order valence-electron chi connectivity index (χ1n) is 5.58. The van der Waals surface area contributed by atoms with E-state index in [1.807, 2.05) is 19.1 Å². The highest BCUT2D eigenvalue weighted by Gasteiger charge is 2.18. The highest BCUT2D eigenvalue weighted by atomic mass is 16.4. The SMILES string of the molecule is Cc1cc(-n2nc(C)c(C(=O)O)c2C)ccc1N. The fourth-order valence-electron chi connectivity index (χ4n) is 2.00. The summed E-state index contributed by atoms with van der Waals surface area (Å²) in [4.78, 5) is 11.1. The molecule has 18 heavy (non-hydrogen) atoms. The topological polar surface area (TPSA) is 81.1 Å². The Hall–Kier alpha value is -2.30. The molecule has 0 unspecified atom stereocenters. The first-order chi connectivity index (χ1) is 8.41. The number of aromatic carboxylic acids is 1. The smallest absolute Gasteiger partial charge is 0.339 e. The number of aromatic nitrogens is 2. The van der Waals surface area contributed by atoms with Crippen molar-refractivity contribution in [2.75, 3.05) is 5.73 Å². The maximum atomic E-state index is 11.1. The van der Waals surface area contributed by atoms with Gasteiger partial charge in [-0.3, -0.25) is 0 Å². The number of nitrogen functional groups attached to an aromatic ring is 1. The first kappa shape index (κ1) is 12.2. The highest BCUT2D eigenvalue weighted by molar-refractivity contribution is 5.90. The van der Waals surface area contributed by atoms with E-state index in [2.05, 4.69) is 5.10 Å². The van der Waals surface area contributed by atoms with Gasteiger partial charge in [0.15, 0.2) is 0 Å². The Balaban J connectivity index is 2.61. The van der Waals surface area contributed by atoms with Gasteiger partial charge in [0.25, 0.3) is 0 Å². The molecule has 1 aromatic carbocycles. The van der Waals surface area contributed by atoms with Crippen LogP contribution in [0.15, 0.2) is 18.2 Å². The molecule has 3 N–H and O–H groups in total. The van der Waals surface area contributed by atoms with Crippen LogP contribution >= 0.6 is 0 Å². The second-order valence-corrected chi connectivity index (χ2v) is 4.30. The molecule has 0 bridgehead atoms. The van der Waals surface area contributed by atoms with Crippen LogP contribution in [0.4, 0.5) is 5.69 Å². The van der Waals surface area contributed by atoms with E-state index in [9.17, 15) is 4.79 Å². The lowest BCUT2D eigenvalue weighted by Gasteiger charge is -2.07. The van der Waals surface area contributed by atoms with Gasteiger partial charge in [-0.15, -0.1) is 0 Å². The molecule has 0 spiro atoms. The standard InChI is InChI=1S/C13H15N3O2/c1-7-6-10(4-5-11(7)14)16-9(3)12(13(17)18)8(2)15-16/h4-6H,14H2,1-3H3,(H,17,18). The minimum absolute atomic E-state index is 0.254. The molecule has 1 heterocycles. The van der Waals surface area contributed by atoms with Gasteiger partial charge in [0.1, 0.15) is 5.56 Å². The van der Waals surface area contributed by atoms with E-state index in [-0.39, 0.29) is 5.56 Å². The molecule has 0 aliphatic heterocycles. The molecule has 0 atom stereocenters. The Kier molecular flexibility index (Phi) is 2.82. The van der Waals surface area contributed by atoms with E-state index in [1.165, 1.54) is 0 Å². The van der Waals surface area contributed by atoms with E-state index in [4.69, 9.17) is 10.8 Å². The number of hydrogen-bond donors (Lipinski definition) is 2. The van der Waals surface area contributed by atoms with Gasteiger partial charge in [-0.1, -0.05) is 0 Å². The van der Waals surface area contributed by atoms with Gasteiger partial charge >= 0.3 is 5.97 Å². The Morgan fingerprint density at radius 1 is 1.33 bits per heavy atom. The third kappa shape index (κ3) is 1.84. The van der Waals surface area contributed by atoms with Crippen molar-refractivity contribution in [1.82, 2.24) is 9.78 Å². The van der Waals surface area contributed by atoms with Gasteiger partial charge in [-0.25, -0.2) is 9.48 Å². The number of carboxylic acid groups (broad SMARTS) is 1. The summed E-state index contributed by atoms with van der Waals surface area (Å²) in [5.41, 5.74) is 9.61. The molecular formula is C13H15N3O2. The maximum absolute atomic E-state index is 11.1. The van der Waals surface area contributed by atoms with Crippen LogP contribution in [0.2, 0.25) is 0 Å². The van der Waals surface area contributed by atoms with Crippen LogP contribution in [0.1, 0.15) is 27.3 Å². The Bertz CT molecular complexity index is 629. The minimum atomic E-state index is -0.955. The molecule has 5 heteroatoms. The van der Waals surface area contributed by atoms with E-state index in [0.29, 0.717) is 17.1 Å². The normalized spacial score (nSPS) is 10.6. The number of anilines is 1. The summed E-state index contributed by atoms with van der Waals surface area (Å²) >= 11 is 0. The number of carbonyl (C=O) groups is 1. The summed E-state index contributed by atoms with van der Waals surface area (Å²) in [5, 5.41) is 13.4. The third-order valence-corrected chi connectivity index (χ3v) is 3.00. The van der Waals surface area contributed by atoms with Gasteiger partial charge in [-0.2, -0.15) is 5.10 Å². The van der Waals surface area contributed by atoms with Crippen molar-refractivity contribution in [3.8, 4) is 5.69 Å². The van der Waals surface area contributed by atoms with Crippen LogP contribution in [0, 0.1) is 20.8 Å². The molecule has 0 aliphatic rings. The molecule has 0 saturated carbocycles. The van der Waals surface area contributed by atoms with Crippen LogP contribution in [0.25, 0.3) is 5.69 Å². The quantitative estimate of drug-likeness (QED) is 0.794. The fourth-order valence-corrected chi connectivity index (χ4v) is 2.00. The van der Waals surface area contributed by atoms with Crippen LogP contribution in [-0.2, 0) is 0 Å². The summed E-state index contributed by atoms with van der Waals surface area (Å²) in [5.74, 6) is -0.955. The zero-order valence-corrected chi connectivity index (χ0v) is 10.6. The van der Waals surface area contributed by atoms with Gasteiger partial charge in [0, 0.05) is 5.69 Å². The molecule has 2 aromatic rings. The molecule has 1 aromatic heterocycles. The number of rotatable bonds is 2. The van der Waals surface area contributed by atoms with Gasteiger partial charge < -0.3 is 10.8 Å². The fraction of sp³-hybridized carbons (Fsp3) is 0.231. The lowest BCUT2D eigenvalue weighted by molar-refractivity contribution is 0.0695. The van der Waals surface area contributed by atoms with Crippen molar-refractivity contribution in [1.29, 1.82) is 0 Å². The van der Waals surface area contributed by atoms with Crippen molar-refractivity contribution >= 4 is 11.7 Å².